The largest absolute Gasteiger partial charge is 0.488 e. The van der Waals surface area contributed by atoms with Crippen molar-refractivity contribution in [2.45, 2.75) is 77.0 Å². The van der Waals surface area contributed by atoms with Gasteiger partial charge in [-0.15, -0.1) is 11.6 Å². The second-order valence-corrected chi connectivity index (χ2v) is 11.0. The second kappa shape index (κ2) is 13.0. The molecule has 0 N–H and O–H groups in total. The van der Waals surface area contributed by atoms with Crippen LogP contribution in [0.1, 0.15) is 59.3 Å². The molecule has 2 saturated heterocycles. The van der Waals surface area contributed by atoms with Gasteiger partial charge in [-0.1, -0.05) is 27.2 Å². The van der Waals surface area contributed by atoms with Crippen molar-refractivity contribution in [1.29, 1.82) is 0 Å². The van der Waals surface area contributed by atoms with Gasteiger partial charge in [0.05, 0.1) is 23.9 Å². The van der Waals surface area contributed by atoms with E-state index in [9.17, 15) is 0 Å². The number of hydrogen-bond acceptors (Lipinski definition) is 7. The standard InChI is InChI=1S/C28H43ClN4O3/c1-5-6-13-35-26-15-24(32-11-9-20(2)18-32)17-31-28(26)36-25-10-12-33(19-21(25)3)23-7-8-27(34-4)30-16-22(29)14-23/h14-17,20-22,25,27H,5-13,18-19H2,1-4H3/b23-14?,30-16-/t20-,21?,22?,25?,27?/m1/s1. The van der Waals surface area contributed by atoms with Crippen molar-refractivity contribution in [3.05, 3.63) is 24.0 Å². The number of anilines is 1. The number of methoxy groups -OCH3 is 1. The van der Waals surface area contributed by atoms with Gasteiger partial charge in [0.25, 0.3) is 5.88 Å². The Morgan fingerprint density at radius 2 is 1.94 bits per heavy atom. The number of unbranched alkanes of at least 4 members (excludes halogenated alkanes) is 1. The van der Waals surface area contributed by atoms with Gasteiger partial charge in [0.15, 0.2) is 5.75 Å². The van der Waals surface area contributed by atoms with E-state index in [1.807, 2.05) is 6.20 Å². The highest BCUT2D eigenvalue weighted by molar-refractivity contribution is 6.29. The Balaban J connectivity index is 1.42. The van der Waals surface area contributed by atoms with E-state index < -0.39 is 0 Å². The average molecular weight is 519 g/mol. The number of aliphatic imine (C=N–C) groups is 1. The van der Waals surface area contributed by atoms with Crippen LogP contribution in [0.5, 0.6) is 11.6 Å². The van der Waals surface area contributed by atoms with Gasteiger partial charge in [0.1, 0.15) is 12.3 Å². The van der Waals surface area contributed by atoms with Gasteiger partial charge < -0.3 is 24.0 Å². The summed E-state index contributed by atoms with van der Waals surface area (Å²) in [7, 11) is 1.70. The molecular weight excluding hydrogens is 476 g/mol. The molecule has 4 rings (SSSR count). The number of rotatable bonds is 9. The van der Waals surface area contributed by atoms with E-state index in [2.05, 4.69) is 47.7 Å². The van der Waals surface area contributed by atoms with Crippen LogP contribution in [0, 0.1) is 11.8 Å². The quantitative estimate of drug-likeness (QED) is 0.316. The van der Waals surface area contributed by atoms with Crippen LogP contribution < -0.4 is 14.4 Å². The fraction of sp³-hybridized carbons (Fsp3) is 0.714. The van der Waals surface area contributed by atoms with Gasteiger partial charge in [0.2, 0.25) is 0 Å². The molecule has 5 atom stereocenters. The number of alkyl halides is 1. The molecule has 200 valence electrons. The van der Waals surface area contributed by atoms with Crippen LogP contribution in [-0.4, -0.2) is 73.7 Å². The third kappa shape index (κ3) is 7.06. The number of likely N-dealkylation sites (tertiary alicyclic amines) is 1. The lowest BCUT2D eigenvalue weighted by Crippen LogP contribution is -2.44. The Hall–Kier alpha value is -1.99. The molecule has 4 heterocycles. The van der Waals surface area contributed by atoms with Gasteiger partial charge in [0, 0.05) is 63.6 Å². The lowest BCUT2D eigenvalue weighted by molar-refractivity contribution is 0.0560. The predicted molar refractivity (Wildman–Crippen MR) is 147 cm³/mol. The van der Waals surface area contributed by atoms with Crippen molar-refractivity contribution in [2.75, 3.05) is 44.8 Å². The average Bonchev–Trinajstić information content (AvgIpc) is 3.30. The first-order chi connectivity index (χ1) is 17.5. The van der Waals surface area contributed by atoms with E-state index >= 15 is 0 Å². The number of halogens is 1. The number of ether oxygens (including phenoxy) is 3. The zero-order valence-corrected chi connectivity index (χ0v) is 23.1. The minimum atomic E-state index is -0.216. The van der Waals surface area contributed by atoms with Crippen LogP contribution in [0.4, 0.5) is 5.69 Å². The Kier molecular flexibility index (Phi) is 9.77. The van der Waals surface area contributed by atoms with E-state index in [0.29, 0.717) is 24.3 Å². The zero-order valence-electron chi connectivity index (χ0n) is 22.4. The molecule has 3 aliphatic rings. The van der Waals surface area contributed by atoms with Gasteiger partial charge in [-0.2, -0.15) is 0 Å². The molecule has 0 aliphatic carbocycles. The monoisotopic (exact) mass is 518 g/mol. The molecule has 3 aliphatic heterocycles. The highest BCUT2D eigenvalue weighted by Crippen LogP contribution is 2.35. The van der Waals surface area contributed by atoms with Crippen molar-refractivity contribution >= 4 is 23.5 Å². The van der Waals surface area contributed by atoms with Gasteiger partial charge >= 0.3 is 0 Å². The number of piperidine rings is 1. The van der Waals surface area contributed by atoms with Gasteiger partial charge in [-0.05, 0) is 37.7 Å². The van der Waals surface area contributed by atoms with Crippen LogP contribution in [0.25, 0.3) is 0 Å². The molecule has 0 spiro atoms. The van der Waals surface area contributed by atoms with Crippen LogP contribution in [0.15, 0.2) is 29.0 Å². The highest BCUT2D eigenvalue weighted by atomic mass is 35.5. The lowest BCUT2D eigenvalue weighted by Gasteiger charge is -2.40. The topological polar surface area (TPSA) is 59.4 Å². The molecule has 1 aromatic heterocycles. The van der Waals surface area contributed by atoms with Crippen LogP contribution in [0.3, 0.4) is 0 Å². The maximum Gasteiger partial charge on any atom is 0.257 e. The number of hydrogen-bond donors (Lipinski definition) is 0. The molecule has 0 radical (unpaired) electrons. The Morgan fingerprint density at radius 3 is 2.67 bits per heavy atom. The molecule has 8 heteroatoms. The molecule has 36 heavy (non-hydrogen) atoms. The summed E-state index contributed by atoms with van der Waals surface area (Å²) in [5.41, 5.74) is 2.41. The first-order valence-electron chi connectivity index (χ1n) is 13.7. The van der Waals surface area contributed by atoms with Gasteiger partial charge in [-0.25, -0.2) is 4.98 Å². The lowest BCUT2D eigenvalue weighted by atomic mass is 9.95. The molecule has 0 saturated carbocycles. The third-order valence-electron chi connectivity index (χ3n) is 7.51. The number of allylic oxidation sites excluding steroid dienone is 2. The molecule has 0 aromatic carbocycles. The van der Waals surface area contributed by atoms with Crippen molar-refractivity contribution in [1.82, 2.24) is 9.88 Å². The highest BCUT2D eigenvalue weighted by Gasteiger charge is 2.31. The molecule has 2 fully saturated rings. The smallest absolute Gasteiger partial charge is 0.257 e. The van der Waals surface area contributed by atoms with Crippen LogP contribution in [-0.2, 0) is 4.74 Å². The van der Waals surface area contributed by atoms with Crippen LogP contribution in [0.2, 0.25) is 0 Å². The van der Waals surface area contributed by atoms with E-state index in [1.54, 1.807) is 13.3 Å². The number of nitrogens with zero attached hydrogens (tertiary/aromatic N) is 4. The maximum absolute atomic E-state index is 6.54. The number of aromatic nitrogens is 1. The van der Waals surface area contributed by atoms with E-state index in [4.69, 9.17) is 30.8 Å². The fourth-order valence-electron chi connectivity index (χ4n) is 5.26. The fourth-order valence-corrected chi connectivity index (χ4v) is 5.47. The molecule has 4 unspecified atom stereocenters. The summed E-state index contributed by atoms with van der Waals surface area (Å²) in [5.74, 6) is 2.45. The second-order valence-electron chi connectivity index (χ2n) is 10.5. The van der Waals surface area contributed by atoms with Crippen molar-refractivity contribution < 1.29 is 14.2 Å². The van der Waals surface area contributed by atoms with E-state index in [-0.39, 0.29) is 17.7 Å². The normalized spacial score (nSPS) is 29.9. The van der Waals surface area contributed by atoms with Crippen LogP contribution >= 0.6 is 11.6 Å². The number of pyridine rings is 1. The Bertz CT molecular complexity index is 911. The summed E-state index contributed by atoms with van der Waals surface area (Å²) in [6.45, 7) is 11.4. The van der Waals surface area contributed by atoms with E-state index in [0.717, 1.165) is 69.7 Å². The SMILES string of the molecule is CCCCOc1cc(N2CC[C@@H](C)C2)cnc1OC1CCN(C2=CC(Cl)/C=N\C(OC)CC2)CC1C. The molecule has 7 nitrogen and oxygen atoms in total. The molecule has 0 amide bonds. The van der Waals surface area contributed by atoms with Crippen molar-refractivity contribution in [2.24, 2.45) is 16.8 Å². The molecule has 0 bridgehead atoms. The summed E-state index contributed by atoms with van der Waals surface area (Å²) in [4.78, 5) is 14.0. The summed E-state index contributed by atoms with van der Waals surface area (Å²) >= 11 is 6.48. The first-order valence-corrected chi connectivity index (χ1v) is 14.1. The molecule has 1 aromatic rings. The predicted octanol–water partition coefficient (Wildman–Crippen LogP) is 5.52. The van der Waals surface area contributed by atoms with Crippen molar-refractivity contribution in [3.8, 4) is 11.6 Å². The first kappa shape index (κ1) is 27.1. The van der Waals surface area contributed by atoms with Gasteiger partial charge in [-0.3, -0.25) is 4.99 Å². The Labute approximate surface area is 221 Å². The minimum absolute atomic E-state index is 0.0918. The third-order valence-corrected chi connectivity index (χ3v) is 7.75. The summed E-state index contributed by atoms with van der Waals surface area (Å²) in [5, 5.41) is -0.216. The van der Waals surface area contributed by atoms with E-state index in [1.165, 1.54) is 12.1 Å². The van der Waals surface area contributed by atoms with Crippen molar-refractivity contribution in [3.63, 3.8) is 0 Å². The Morgan fingerprint density at radius 1 is 1.11 bits per heavy atom. The molecular formula is C28H43ClN4O3. The zero-order chi connectivity index (χ0) is 25.5. The maximum atomic E-state index is 6.54. The minimum Gasteiger partial charge on any atom is -0.488 e. The summed E-state index contributed by atoms with van der Waals surface area (Å²) in [6, 6.07) is 2.13. The summed E-state index contributed by atoms with van der Waals surface area (Å²) in [6.07, 6.45) is 11.9. The summed E-state index contributed by atoms with van der Waals surface area (Å²) < 4.78 is 18.2.